The Hall–Kier alpha value is -5.81. The molecule has 7 rings (SSSR count). The molecule has 312 valence electrons. The molecule has 0 atom stereocenters. The molecule has 1 aromatic heterocycles. The van der Waals surface area contributed by atoms with Gasteiger partial charge in [0.15, 0.2) is 11.6 Å². The fourth-order valence-electron chi connectivity index (χ4n) is 5.57. The van der Waals surface area contributed by atoms with E-state index in [1.807, 2.05) is 66.1 Å². The quantitative estimate of drug-likeness (QED) is 0.139. The van der Waals surface area contributed by atoms with E-state index in [0.29, 0.717) is 0 Å². The summed E-state index contributed by atoms with van der Waals surface area (Å²) in [6.07, 6.45) is 3.71. The van der Waals surface area contributed by atoms with Gasteiger partial charge in [0.25, 0.3) is 0 Å². The van der Waals surface area contributed by atoms with Gasteiger partial charge in [0, 0.05) is 12.4 Å². The van der Waals surface area contributed by atoms with Crippen LogP contribution in [0.3, 0.4) is 0 Å². The molecule has 1 heterocycles. The molecular weight excluding hydrogens is 739 g/mol. The van der Waals surface area contributed by atoms with Gasteiger partial charge in [0.2, 0.25) is 0 Å². The van der Waals surface area contributed by atoms with Gasteiger partial charge in [0.1, 0.15) is 11.6 Å². The third-order valence-electron chi connectivity index (χ3n) is 7.98. The second-order valence-corrected chi connectivity index (χ2v) is 15.0. The second kappa shape index (κ2) is 27.8. The Bertz CT molecular complexity index is 1880. The van der Waals surface area contributed by atoms with Gasteiger partial charge in [-0.1, -0.05) is 130 Å². The number of nitrogens with zero attached hydrogens (tertiary/aromatic N) is 1. The Morgan fingerprint density at radius 3 is 0.695 bits per heavy atom. The van der Waals surface area contributed by atoms with E-state index in [2.05, 4.69) is 125 Å². The van der Waals surface area contributed by atoms with Crippen LogP contribution in [-0.4, -0.2) is 4.98 Å². The molecule has 0 spiro atoms. The predicted molar refractivity (Wildman–Crippen MR) is 244 cm³/mol. The van der Waals surface area contributed by atoms with Gasteiger partial charge in [-0.05, 0) is 165 Å². The Morgan fingerprint density at radius 1 is 0.254 bits per heavy atom. The predicted octanol–water partition coefficient (Wildman–Crippen LogP) is 15.8. The Kier molecular flexibility index (Phi) is 24.1. The molecular formula is C54H63F4N. The van der Waals surface area contributed by atoms with Gasteiger partial charge in [-0.15, -0.1) is 0 Å². The second-order valence-electron chi connectivity index (χ2n) is 15.0. The molecule has 0 unspecified atom stereocenters. The van der Waals surface area contributed by atoms with Crippen LogP contribution >= 0.6 is 0 Å². The highest BCUT2D eigenvalue weighted by Crippen LogP contribution is 2.08. The molecule has 59 heavy (non-hydrogen) atoms. The molecule has 0 aliphatic carbocycles. The first-order valence-electron chi connectivity index (χ1n) is 19.6. The van der Waals surface area contributed by atoms with Crippen LogP contribution in [0, 0.1) is 113 Å². The molecule has 0 aliphatic heterocycles. The molecule has 0 saturated carbocycles. The molecule has 0 bridgehead atoms. The number of benzene rings is 6. The number of hydrogen-bond donors (Lipinski definition) is 0. The largest absolute Gasteiger partial charge is 0.264 e. The summed E-state index contributed by atoms with van der Waals surface area (Å²) in [5.41, 5.74) is 15.1. The molecule has 0 saturated heterocycles. The molecule has 0 fully saturated rings. The van der Waals surface area contributed by atoms with Crippen LogP contribution in [0.4, 0.5) is 17.6 Å². The zero-order chi connectivity index (χ0) is 44.5. The topological polar surface area (TPSA) is 12.9 Å². The summed E-state index contributed by atoms with van der Waals surface area (Å²) in [5.74, 6) is -1.87. The van der Waals surface area contributed by atoms with E-state index < -0.39 is 11.6 Å². The van der Waals surface area contributed by atoms with Gasteiger partial charge < -0.3 is 0 Å². The molecule has 7 aromatic rings. The highest BCUT2D eigenvalue weighted by molar-refractivity contribution is 5.24. The average Bonchev–Trinajstić information content (AvgIpc) is 3.10. The maximum atomic E-state index is 12.4. The van der Waals surface area contributed by atoms with Gasteiger partial charge in [-0.25, -0.2) is 17.6 Å². The van der Waals surface area contributed by atoms with Gasteiger partial charge >= 0.3 is 0 Å². The van der Waals surface area contributed by atoms with E-state index in [4.69, 9.17) is 0 Å². The number of rotatable bonds is 0. The molecule has 0 aliphatic rings. The summed E-state index contributed by atoms with van der Waals surface area (Å²) < 4.78 is 49.2. The van der Waals surface area contributed by atoms with Crippen LogP contribution in [0.2, 0.25) is 0 Å². The molecule has 6 aromatic carbocycles. The van der Waals surface area contributed by atoms with Crippen LogP contribution in [0.15, 0.2) is 146 Å². The van der Waals surface area contributed by atoms with E-state index in [1.165, 1.54) is 74.8 Å². The van der Waals surface area contributed by atoms with Crippen molar-refractivity contribution in [3.63, 3.8) is 0 Å². The van der Waals surface area contributed by atoms with E-state index >= 15 is 0 Å². The van der Waals surface area contributed by atoms with E-state index in [9.17, 15) is 17.6 Å². The van der Waals surface area contributed by atoms with Crippen LogP contribution in [0.25, 0.3) is 0 Å². The van der Waals surface area contributed by atoms with E-state index in [-0.39, 0.29) is 11.6 Å². The first-order chi connectivity index (χ1) is 27.7. The van der Waals surface area contributed by atoms with Crippen LogP contribution in [-0.2, 0) is 0 Å². The van der Waals surface area contributed by atoms with Gasteiger partial charge in [-0.3, -0.25) is 4.98 Å². The minimum absolute atomic E-state index is 0.146. The average molecular weight is 802 g/mol. The maximum Gasteiger partial charge on any atom is 0.159 e. The van der Waals surface area contributed by atoms with Crippen LogP contribution in [0.5, 0.6) is 0 Å². The highest BCUT2D eigenvalue weighted by atomic mass is 19.2. The molecule has 0 amide bonds. The SMILES string of the molecule is Cc1cc(C)cc(F)c1.Cc1cc(C)cc(F)c1.Cc1ccc(F)c(F)c1.Cc1cccc(C)c1.Cc1cccc(C)c1.Cc1cccc(C)c1.Cc1cncc(C)c1. The Balaban J connectivity index is 0.000000344. The summed E-state index contributed by atoms with van der Waals surface area (Å²) in [4.78, 5) is 3.98. The van der Waals surface area contributed by atoms with Crippen molar-refractivity contribution in [2.45, 2.75) is 90.0 Å². The molecule has 5 heteroatoms. The van der Waals surface area contributed by atoms with Gasteiger partial charge in [0.05, 0.1) is 0 Å². The summed E-state index contributed by atoms with van der Waals surface area (Å²) >= 11 is 0. The zero-order valence-electron chi connectivity index (χ0n) is 37.3. The van der Waals surface area contributed by atoms with Crippen molar-refractivity contribution in [3.8, 4) is 0 Å². The molecule has 1 nitrogen and oxygen atoms in total. The third kappa shape index (κ3) is 25.9. The standard InChI is InChI=1S/2C8H9F.3C8H10.C7H6F2.C7H9N/c2*1-6-3-7(2)5-8(9)4-6;3*1-7-4-3-5-8(2)6-7;1-5-2-3-6(8)7(9)4-5;1-6-3-7(2)5-8-4-6/h2*3-5H,1-2H3;3*3-6H,1-2H3;2-4H,1H3;3-5H,1-2H3. The maximum absolute atomic E-state index is 12.4. The number of hydrogen-bond acceptors (Lipinski definition) is 1. The van der Waals surface area contributed by atoms with E-state index in [0.717, 1.165) is 39.9 Å². The first kappa shape index (κ1) is 51.2. The van der Waals surface area contributed by atoms with Crippen molar-refractivity contribution in [1.29, 1.82) is 0 Å². The lowest BCUT2D eigenvalue weighted by Crippen LogP contribution is -1.82. The minimum atomic E-state index is -0.791. The number of pyridine rings is 1. The normalized spacial score (nSPS) is 9.44. The third-order valence-corrected chi connectivity index (χ3v) is 7.98. The lowest BCUT2D eigenvalue weighted by molar-refractivity contribution is 0.508. The van der Waals surface area contributed by atoms with Gasteiger partial charge in [-0.2, -0.15) is 0 Å². The highest BCUT2D eigenvalue weighted by Gasteiger charge is 1.97. The first-order valence-corrected chi connectivity index (χ1v) is 19.6. The summed E-state index contributed by atoms with van der Waals surface area (Å²) in [6, 6.07) is 41.2. The number of halogens is 4. The zero-order valence-corrected chi connectivity index (χ0v) is 37.3. The fourth-order valence-corrected chi connectivity index (χ4v) is 5.57. The van der Waals surface area contributed by atoms with Crippen molar-refractivity contribution in [3.05, 3.63) is 241 Å². The lowest BCUT2D eigenvalue weighted by Gasteiger charge is -1.94. The summed E-state index contributed by atoms with van der Waals surface area (Å²) in [6.45, 7) is 26.0. The Labute approximate surface area is 352 Å². The molecule has 0 radical (unpaired) electrons. The number of aryl methyl sites for hydroxylation is 13. The van der Waals surface area contributed by atoms with Crippen molar-refractivity contribution < 1.29 is 17.6 Å². The van der Waals surface area contributed by atoms with Crippen molar-refractivity contribution in [1.82, 2.24) is 4.98 Å². The summed E-state index contributed by atoms with van der Waals surface area (Å²) in [5, 5.41) is 0. The smallest absolute Gasteiger partial charge is 0.159 e. The Morgan fingerprint density at radius 2 is 0.508 bits per heavy atom. The van der Waals surface area contributed by atoms with Crippen LogP contribution < -0.4 is 0 Å². The number of aromatic nitrogens is 1. The van der Waals surface area contributed by atoms with E-state index in [1.54, 1.807) is 6.92 Å². The van der Waals surface area contributed by atoms with Crippen molar-refractivity contribution in [2.75, 3.05) is 0 Å². The van der Waals surface area contributed by atoms with Crippen molar-refractivity contribution >= 4 is 0 Å². The fraction of sp³-hybridized carbons (Fsp3) is 0.241. The minimum Gasteiger partial charge on any atom is -0.264 e. The monoisotopic (exact) mass is 801 g/mol. The van der Waals surface area contributed by atoms with Crippen LogP contribution in [0.1, 0.15) is 72.3 Å². The van der Waals surface area contributed by atoms with Crippen molar-refractivity contribution in [2.24, 2.45) is 0 Å². The lowest BCUT2D eigenvalue weighted by atomic mass is 10.2. The molecule has 0 N–H and O–H groups in total. The summed E-state index contributed by atoms with van der Waals surface area (Å²) in [7, 11) is 0.